The summed E-state index contributed by atoms with van der Waals surface area (Å²) in [5.41, 5.74) is 2.51. The molecule has 0 radical (unpaired) electrons. The summed E-state index contributed by atoms with van der Waals surface area (Å²) in [7, 11) is 0. The Labute approximate surface area is 228 Å². The highest BCUT2D eigenvalue weighted by atomic mass is 35.5. The summed E-state index contributed by atoms with van der Waals surface area (Å²) in [6.07, 6.45) is 0.291. The lowest BCUT2D eigenvalue weighted by Gasteiger charge is -2.14. The fourth-order valence-corrected chi connectivity index (χ4v) is 3.77. The summed E-state index contributed by atoms with van der Waals surface area (Å²) in [5, 5.41) is 16.8. The van der Waals surface area contributed by atoms with Gasteiger partial charge in [0.15, 0.2) is 0 Å². The average molecular weight is 565 g/mol. The summed E-state index contributed by atoms with van der Waals surface area (Å²) in [4.78, 5) is 31.9. The maximum Gasteiger partial charge on any atom is 0.417 e. The van der Waals surface area contributed by atoms with Crippen LogP contribution in [0.3, 0.4) is 0 Å². The molecule has 2 aromatic carbocycles. The lowest BCUT2D eigenvalue weighted by atomic mass is 10.1. The van der Waals surface area contributed by atoms with Crippen molar-refractivity contribution in [1.82, 2.24) is 20.8 Å². The number of carbonyl (C=O) groups excluding carboxylic acids is 2. The molecule has 1 aromatic heterocycles. The Morgan fingerprint density at radius 2 is 1.67 bits per heavy atom. The number of aromatic nitrogens is 2. The number of nitrogens with one attached hydrogen (secondary N) is 4. The average Bonchev–Trinajstić information content (AvgIpc) is 2.90. The van der Waals surface area contributed by atoms with Crippen molar-refractivity contribution in [2.45, 2.75) is 45.2 Å². The molecule has 0 aliphatic heterocycles. The van der Waals surface area contributed by atoms with Crippen molar-refractivity contribution >= 4 is 46.6 Å². The van der Waals surface area contributed by atoms with Crippen LogP contribution >= 0.6 is 11.6 Å². The van der Waals surface area contributed by atoms with Gasteiger partial charge in [0, 0.05) is 41.7 Å². The number of alkyl halides is 3. The summed E-state index contributed by atoms with van der Waals surface area (Å²) in [6.45, 7) is 2.21. The van der Waals surface area contributed by atoms with Gasteiger partial charge in [0.1, 0.15) is 5.82 Å². The third-order valence-corrected chi connectivity index (χ3v) is 5.98. The van der Waals surface area contributed by atoms with Crippen LogP contribution in [0.4, 0.5) is 36.3 Å². The standard InChI is InChI=1S/C26H28ClF3N6O3/c1-16-15-32-25(35-23(16)33-19-11-12-21(27)20(14-19)26(28,29)30)34-18-9-7-17(8-10-18)24(38)31-13-5-3-2-4-6-22(37)36-39/h7-12,14-15,39H,2-6,13H2,1H3,(H,31,38)(H,36,37)(H2,32,33,34,35). The molecule has 2 amide bonds. The first kappa shape index (κ1) is 29.7. The molecule has 0 unspecified atom stereocenters. The predicted molar refractivity (Wildman–Crippen MR) is 142 cm³/mol. The van der Waals surface area contributed by atoms with Crippen LogP contribution in [-0.2, 0) is 11.0 Å². The van der Waals surface area contributed by atoms with Gasteiger partial charge in [-0.1, -0.05) is 24.4 Å². The quantitative estimate of drug-likeness (QED) is 0.102. The minimum absolute atomic E-state index is 0.170. The Balaban J connectivity index is 1.54. The minimum Gasteiger partial charge on any atom is -0.352 e. The third kappa shape index (κ3) is 9.11. The van der Waals surface area contributed by atoms with Crippen LogP contribution in [-0.4, -0.2) is 33.5 Å². The minimum atomic E-state index is -4.59. The van der Waals surface area contributed by atoms with Crippen LogP contribution in [0.15, 0.2) is 48.7 Å². The molecule has 0 saturated heterocycles. The fourth-order valence-electron chi connectivity index (χ4n) is 3.54. The molecule has 0 saturated carbocycles. The first-order chi connectivity index (χ1) is 18.6. The number of carbonyl (C=O) groups is 2. The van der Waals surface area contributed by atoms with Crippen LogP contribution < -0.4 is 21.4 Å². The van der Waals surface area contributed by atoms with Crippen LogP contribution in [0.2, 0.25) is 5.02 Å². The molecule has 0 fully saturated rings. The second kappa shape index (κ2) is 13.8. The number of rotatable bonds is 12. The zero-order chi connectivity index (χ0) is 28.4. The zero-order valence-electron chi connectivity index (χ0n) is 21.0. The second-order valence-corrected chi connectivity index (χ2v) is 9.11. The second-order valence-electron chi connectivity index (χ2n) is 8.70. The molecule has 0 atom stereocenters. The molecule has 208 valence electrons. The Kier molecular flexibility index (Phi) is 10.5. The van der Waals surface area contributed by atoms with E-state index in [1.54, 1.807) is 36.7 Å². The van der Waals surface area contributed by atoms with E-state index < -0.39 is 22.7 Å². The number of amides is 2. The normalized spacial score (nSPS) is 11.1. The van der Waals surface area contributed by atoms with Gasteiger partial charge in [0.25, 0.3) is 5.91 Å². The highest BCUT2D eigenvalue weighted by molar-refractivity contribution is 6.31. The van der Waals surface area contributed by atoms with Gasteiger partial charge >= 0.3 is 6.18 Å². The van der Waals surface area contributed by atoms with Crippen LogP contribution in [0.25, 0.3) is 0 Å². The van der Waals surface area contributed by atoms with Gasteiger partial charge in [-0.05, 0) is 62.2 Å². The summed E-state index contributed by atoms with van der Waals surface area (Å²) in [5.74, 6) is -0.106. The molecular formula is C26H28ClF3N6O3. The van der Waals surface area contributed by atoms with Gasteiger partial charge in [0.05, 0.1) is 10.6 Å². The summed E-state index contributed by atoms with van der Waals surface area (Å²) >= 11 is 5.70. The SMILES string of the molecule is Cc1cnc(Nc2ccc(C(=O)NCCCCCCC(=O)NO)cc2)nc1Nc1ccc(Cl)c(C(F)(F)F)c1. The smallest absolute Gasteiger partial charge is 0.352 e. The lowest BCUT2D eigenvalue weighted by Crippen LogP contribution is -2.24. The van der Waals surface area contributed by atoms with Crippen LogP contribution in [0.1, 0.15) is 53.6 Å². The van der Waals surface area contributed by atoms with Crippen molar-refractivity contribution in [1.29, 1.82) is 0 Å². The molecule has 5 N–H and O–H groups in total. The van der Waals surface area contributed by atoms with E-state index >= 15 is 0 Å². The van der Waals surface area contributed by atoms with Gasteiger partial charge in [-0.3, -0.25) is 14.8 Å². The summed E-state index contributed by atoms with van der Waals surface area (Å²) in [6, 6.07) is 10.2. The molecule has 0 aliphatic carbocycles. The topological polar surface area (TPSA) is 128 Å². The van der Waals surface area contributed by atoms with E-state index in [4.69, 9.17) is 16.8 Å². The molecule has 39 heavy (non-hydrogen) atoms. The monoisotopic (exact) mass is 564 g/mol. The molecular weight excluding hydrogens is 537 g/mol. The number of anilines is 4. The molecule has 13 heteroatoms. The maximum atomic E-state index is 13.2. The lowest BCUT2D eigenvalue weighted by molar-refractivity contribution is -0.137. The van der Waals surface area contributed by atoms with Crippen molar-refractivity contribution < 1.29 is 28.0 Å². The Morgan fingerprint density at radius 1 is 0.974 bits per heavy atom. The Bertz CT molecular complexity index is 1290. The van der Waals surface area contributed by atoms with E-state index in [-0.39, 0.29) is 24.0 Å². The number of hydrogen-bond donors (Lipinski definition) is 5. The maximum absolute atomic E-state index is 13.2. The molecule has 3 rings (SSSR count). The van der Waals surface area contributed by atoms with Crippen molar-refractivity contribution in [3.05, 3.63) is 70.4 Å². The number of hydrogen-bond acceptors (Lipinski definition) is 7. The molecule has 3 aromatic rings. The van der Waals surface area contributed by atoms with Crippen LogP contribution in [0.5, 0.6) is 0 Å². The van der Waals surface area contributed by atoms with E-state index in [9.17, 15) is 22.8 Å². The molecule has 1 heterocycles. The van der Waals surface area contributed by atoms with Crippen molar-refractivity contribution in [3.8, 4) is 0 Å². The summed E-state index contributed by atoms with van der Waals surface area (Å²) < 4.78 is 39.6. The first-order valence-corrected chi connectivity index (χ1v) is 12.5. The largest absolute Gasteiger partial charge is 0.417 e. The molecule has 0 spiro atoms. The van der Waals surface area contributed by atoms with Gasteiger partial charge in [-0.2, -0.15) is 18.2 Å². The van der Waals surface area contributed by atoms with Crippen molar-refractivity contribution in [2.75, 3.05) is 17.2 Å². The third-order valence-electron chi connectivity index (χ3n) is 5.65. The van der Waals surface area contributed by atoms with Gasteiger partial charge < -0.3 is 16.0 Å². The molecule has 9 nitrogen and oxygen atoms in total. The van der Waals surface area contributed by atoms with Gasteiger partial charge in [-0.25, -0.2) is 10.5 Å². The Morgan fingerprint density at radius 3 is 2.36 bits per heavy atom. The number of hydroxylamine groups is 1. The first-order valence-electron chi connectivity index (χ1n) is 12.1. The number of unbranched alkanes of at least 4 members (excludes halogenated alkanes) is 3. The molecule has 0 bridgehead atoms. The highest BCUT2D eigenvalue weighted by Gasteiger charge is 2.33. The number of halogens is 4. The number of benzene rings is 2. The zero-order valence-corrected chi connectivity index (χ0v) is 21.8. The van der Waals surface area contributed by atoms with E-state index in [1.807, 2.05) is 0 Å². The van der Waals surface area contributed by atoms with Crippen molar-refractivity contribution in [3.63, 3.8) is 0 Å². The van der Waals surface area contributed by atoms with Gasteiger partial charge in [-0.15, -0.1) is 0 Å². The predicted octanol–water partition coefficient (Wildman–Crippen LogP) is 6.13. The van der Waals surface area contributed by atoms with E-state index in [0.29, 0.717) is 35.6 Å². The van der Waals surface area contributed by atoms with Crippen molar-refractivity contribution in [2.24, 2.45) is 0 Å². The Hall–Kier alpha value is -3.90. The highest BCUT2D eigenvalue weighted by Crippen LogP contribution is 2.36. The van der Waals surface area contributed by atoms with E-state index in [1.165, 1.54) is 18.3 Å². The van der Waals surface area contributed by atoms with Crippen LogP contribution in [0, 0.1) is 6.92 Å². The number of aryl methyl sites for hydroxylation is 1. The number of nitrogens with zero attached hydrogens (tertiary/aromatic N) is 2. The fraction of sp³-hybridized carbons (Fsp3) is 0.308. The molecule has 0 aliphatic rings. The van der Waals surface area contributed by atoms with Gasteiger partial charge in [0.2, 0.25) is 11.9 Å². The van der Waals surface area contributed by atoms with E-state index in [0.717, 1.165) is 25.3 Å². The van der Waals surface area contributed by atoms with E-state index in [2.05, 4.69) is 25.9 Å².